The van der Waals surface area contributed by atoms with E-state index in [1.165, 1.54) is 30.9 Å². The minimum absolute atomic E-state index is 0.107. The zero-order valence-corrected chi connectivity index (χ0v) is 20.3. The van der Waals surface area contributed by atoms with Crippen LogP contribution in [0.25, 0.3) is 11.8 Å². The average Bonchev–Trinajstić information content (AvgIpc) is 3.09. The molecule has 10 nitrogen and oxygen atoms in total. The number of nitriles is 1. The molecule has 3 rings (SSSR count). The predicted octanol–water partition coefficient (Wildman–Crippen LogP) is 2.98. The van der Waals surface area contributed by atoms with Gasteiger partial charge in [-0.05, 0) is 49.8 Å². The van der Waals surface area contributed by atoms with Gasteiger partial charge in [-0.3, -0.25) is 14.3 Å². The molecule has 3 aromatic rings. The van der Waals surface area contributed by atoms with Crippen molar-refractivity contribution >= 4 is 23.6 Å². The largest absolute Gasteiger partial charge is 0.493 e. The molecule has 0 radical (unpaired) electrons. The number of hydrogen-bond donors (Lipinski definition) is 1. The summed E-state index contributed by atoms with van der Waals surface area (Å²) in [5, 5.41) is 11.2. The summed E-state index contributed by atoms with van der Waals surface area (Å²) in [7, 11) is 3.17. The van der Waals surface area contributed by atoms with Crippen molar-refractivity contribution in [3.63, 3.8) is 0 Å². The Morgan fingerprint density at radius 3 is 2.56 bits per heavy atom. The quantitative estimate of drug-likeness (QED) is 0.361. The second kappa shape index (κ2) is 11.6. The molecule has 2 aromatic carbocycles. The van der Waals surface area contributed by atoms with E-state index in [0.29, 0.717) is 28.4 Å². The van der Waals surface area contributed by atoms with Gasteiger partial charge in [0.05, 0.1) is 18.5 Å². The number of methoxy groups -OCH3 is 1. The summed E-state index contributed by atoms with van der Waals surface area (Å²) in [5.74, 6) is -0.587. The Morgan fingerprint density at radius 1 is 1.17 bits per heavy atom. The molecule has 0 bridgehead atoms. The number of carbonyl (C=O) groups is 2. The van der Waals surface area contributed by atoms with Gasteiger partial charge in [-0.2, -0.15) is 5.26 Å². The fourth-order valence-electron chi connectivity index (χ4n) is 3.39. The number of benzene rings is 2. The number of rotatable bonds is 9. The lowest BCUT2D eigenvalue weighted by Crippen LogP contribution is -2.31. The standard InChI is InChI=1S/C26H26N4O6/c1-17-24(26(33)30(29(17)3)20-8-6-5-7-9-20)28-25(32)18(2)36-23(31)13-11-19-10-12-21(35-15-14-27)22(16-19)34-4/h5-13,16,18H,15H2,1-4H3,(H,28,32)/b13-11+. The maximum Gasteiger partial charge on any atom is 0.331 e. The van der Waals surface area contributed by atoms with E-state index < -0.39 is 23.5 Å². The van der Waals surface area contributed by atoms with E-state index in [2.05, 4.69) is 5.32 Å². The first-order valence-electron chi connectivity index (χ1n) is 11.0. The second-order valence-corrected chi connectivity index (χ2v) is 7.70. The van der Waals surface area contributed by atoms with Crippen molar-refractivity contribution in [2.75, 3.05) is 19.0 Å². The molecule has 0 fully saturated rings. The highest BCUT2D eigenvalue weighted by Crippen LogP contribution is 2.28. The van der Waals surface area contributed by atoms with Gasteiger partial charge in [-0.25, -0.2) is 9.48 Å². The lowest BCUT2D eigenvalue weighted by Gasteiger charge is -2.12. The molecule has 0 spiro atoms. The summed E-state index contributed by atoms with van der Waals surface area (Å²) < 4.78 is 18.8. The van der Waals surface area contributed by atoms with Crippen LogP contribution in [0.4, 0.5) is 5.69 Å². The van der Waals surface area contributed by atoms with Gasteiger partial charge in [-0.1, -0.05) is 24.3 Å². The Labute approximate surface area is 207 Å². The summed E-state index contributed by atoms with van der Waals surface area (Å²) in [6, 6.07) is 15.8. The monoisotopic (exact) mass is 490 g/mol. The van der Waals surface area contributed by atoms with Crippen LogP contribution in [0.5, 0.6) is 11.5 Å². The van der Waals surface area contributed by atoms with Gasteiger partial charge in [0.25, 0.3) is 11.5 Å². The molecular formula is C26H26N4O6. The van der Waals surface area contributed by atoms with Crippen LogP contribution < -0.4 is 20.3 Å². The van der Waals surface area contributed by atoms with E-state index >= 15 is 0 Å². The van der Waals surface area contributed by atoms with E-state index in [1.54, 1.807) is 49.0 Å². The van der Waals surface area contributed by atoms with Crippen molar-refractivity contribution in [2.45, 2.75) is 20.0 Å². The van der Waals surface area contributed by atoms with Crippen LogP contribution in [0.15, 0.2) is 59.4 Å². The summed E-state index contributed by atoms with van der Waals surface area (Å²) in [6.07, 6.45) is 1.51. The molecule has 1 heterocycles. The van der Waals surface area contributed by atoms with Crippen molar-refractivity contribution in [3.8, 4) is 23.3 Å². The molecule has 1 aromatic heterocycles. The highest BCUT2D eigenvalue weighted by molar-refractivity contribution is 5.97. The zero-order chi connectivity index (χ0) is 26.2. The topological polar surface area (TPSA) is 125 Å². The number of nitrogens with one attached hydrogen (secondary N) is 1. The third-order valence-electron chi connectivity index (χ3n) is 5.36. The van der Waals surface area contributed by atoms with Gasteiger partial charge in [-0.15, -0.1) is 0 Å². The van der Waals surface area contributed by atoms with Crippen LogP contribution in [0, 0.1) is 18.3 Å². The number of anilines is 1. The molecule has 1 N–H and O–H groups in total. The lowest BCUT2D eigenvalue weighted by atomic mass is 10.2. The number of hydrogen-bond acceptors (Lipinski definition) is 7. The molecular weight excluding hydrogens is 464 g/mol. The number of nitrogens with zero attached hydrogens (tertiary/aromatic N) is 3. The van der Waals surface area contributed by atoms with Gasteiger partial charge in [0, 0.05) is 13.1 Å². The van der Waals surface area contributed by atoms with Crippen LogP contribution in [0.1, 0.15) is 18.2 Å². The third kappa shape index (κ3) is 5.82. The Morgan fingerprint density at radius 2 is 1.89 bits per heavy atom. The number of esters is 1. The van der Waals surface area contributed by atoms with Crippen molar-refractivity contribution in [3.05, 3.63) is 76.2 Å². The molecule has 10 heteroatoms. The second-order valence-electron chi connectivity index (χ2n) is 7.70. The molecule has 0 aliphatic carbocycles. The zero-order valence-electron chi connectivity index (χ0n) is 20.3. The Kier molecular flexibility index (Phi) is 8.30. The first-order valence-corrected chi connectivity index (χ1v) is 11.0. The first-order chi connectivity index (χ1) is 17.3. The summed E-state index contributed by atoms with van der Waals surface area (Å²) in [5.41, 5.74) is 1.53. The number of aromatic nitrogens is 2. The molecule has 1 unspecified atom stereocenters. The Balaban J connectivity index is 1.66. The highest BCUT2D eigenvalue weighted by Gasteiger charge is 2.22. The number of amides is 1. The van der Waals surface area contributed by atoms with Crippen molar-refractivity contribution in [2.24, 2.45) is 7.05 Å². The number of carbonyl (C=O) groups excluding carboxylic acids is 2. The molecule has 186 valence electrons. The van der Waals surface area contributed by atoms with Crippen LogP contribution >= 0.6 is 0 Å². The van der Waals surface area contributed by atoms with Crippen LogP contribution in [-0.2, 0) is 21.4 Å². The number of para-hydroxylation sites is 1. The molecule has 0 saturated heterocycles. The van der Waals surface area contributed by atoms with E-state index in [1.807, 2.05) is 24.3 Å². The summed E-state index contributed by atoms with van der Waals surface area (Å²) in [6.45, 7) is 3.00. The molecule has 0 saturated carbocycles. The van der Waals surface area contributed by atoms with Gasteiger partial charge >= 0.3 is 5.97 Å². The highest BCUT2D eigenvalue weighted by atomic mass is 16.5. The number of ether oxygens (including phenoxy) is 3. The van der Waals surface area contributed by atoms with Crippen LogP contribution in [0.2, 0.25) is 0 Å². The van der Waals surface area contributed by atoms with Crippen molar-refractivity contribution < 1.29 is 23.8 Å². The third-order valence-corrected chi connectivity index (χ3v) is 5.36. The van der Waals surface area contributed by atoms with Crippen molar-refractivity contribution in [1.29, 1.82) is 5.26 Å². The van der Waals surface area contributed by atoms with Gasteiger partial charge in [0.15, 0.2) is 24.2 Å². The van der Waals surface area contributed by atoms with Gasteiger partial charge in [0.1, 0.15) is 11.8 Å². The SMILES string of the molecule is COc1cc(/C=C/C(=O)OC(C)C(=O)Nc2c(C)n(C)n(-c3ccccc3)c2=O)ccc1OCC#N. The maximum absolute atomic E-state index is 13.0. The van der Waals surface area contributed by atoms with Crippen molar-refractivity contribution in [1.82, 2.24) is 9.36 Å². The molecule has 1 amide bonds. The van der Waals surface area contributed by atoms with Gasteiger partial charge in [0.2, 0.25) is 0 Å². The Bertz CT molecular complexity index is 1380. The fourth-order valence-corrected chi connectivity index (χ4v) is 3.39. The molecule has 0 aliphatic rings. The van der Waals surface area contributed by atoms with E-state index in [9.17, 15) is 14.4 Å². The normalized spacial score (nSPS) is 11.5. The average molecular weight is 491 g/mol. The molecule has 0 aliphatic heterocycles. The Hall–Kier alpha value is -4.78. The fraction of sp³-hybridized carbons (Fsp3) is 0.231. The summed E-state index contributed by atoms with van der Waals surface area (Å²) >= 11 is 0. The van der Waals surface area contributed by atoms with E-state index in [0.717, 1.165) is 0 Å². The smallest absolute Gasteiger partial charge is 0.331 e. The van der Waals surface area contributed by atoms with Gasteiger partial charge < -0.3 is 19.5 Å². The minimum Gasteiger partial charge on any atom is -0.493 e. The van der Waals surface area contributed by atoms with Crippen LogP contribution in [0.3, 0.4) is 0 Å². The van der Waals surface area contributed by atoms with Crippen LogP contribution in [-0.4, -0.2) is 41.1 Å². The maximum atomic E-state index is 13.0. The first kappa shape index (κ1) is 25.8. The summed E-state index contributed by atoms with van der Waals surface area (Å²) in [4.78, 5) is 37.9. The predicted molar refractivity (Wildman–Crippen MR) is 133 cm³/mol. The van der Waals surface area contributed by atoms with E-state index in [-0.39, 0.29) is 12.3 Å². The molecule has 36 heavy (non-hydrogen) atoms. The molecule has 1 atom stereocenters. The lowest BCUT2D eigenvalue weighted by molar-refractivity contribution is -0.148. The minimum atomic E-state index is -1.15. The van der Waals surface area contributed by atoms with E-state index in [4.69, 9.17) is 19.5 Å².